The third-order valence-corrected chi connectivity index (χ3v) is 3.43. The summed E-state index contributed by atoms with van der Waals surface area (Å²) < 4.78 is 0. The summed E-state index contributed by atoms with van der Waals surface area (Å²) >= 11 is 0. The number of aliphatic hydroxyl groups is 1. The average Bonchev–Trinajstić information content (AvgIpc) is 2.39. The van der Waals surface area contributed by atoms with Gasteiger partial charge in [-0.15, -0.1) is 0 Å². The molecule has 2 unspecified atom stereocenters. The van der Waals surface area contributed by atoms with Gasteiger partial charge in [0.25, 0.3) is 5.91 Å². The van der Waals surface area contributed by atoms with E-state index in [2.05, 4.69) is 4.98 Å². The second-order valence-electron chi connectivity index (χ2n) is 4.51. The number of pyridine rings is 1. The van der Waals surface area contributed by atoms with E-state index in [-0.39, 0.29) is 17.9 Å². The van der Waals surface area contributed by atoms with Crippen LogP contribution in [0.3, 0.4) is 0 Å². The second-order valence-corrected chi connectivity index (χ2v) is 4.51. The van der Waals surface area contributed by atoms with Crippen molar-refractivity contribution < 1.29 is 9.90 Å². The van der Waals surface area contributed by atoms with Gasteiger partial charge in [0.2, 0.25) is 0 Å². The van der Waals surface area contributed by atoms with Crippen LogP contribution >= 0.6 is 0 Å². The van der Waals surface area contributed by atoms with Gasteiger partial charge < -0.3 is 10.0 Å². The van der Waals surface area contributed by atoms with Crippen molar-refractivity contribution in [3.8, 4) is 0 Å². The number of hydrogen-bond acceptors (Lipinski definition) is 3. The maximum atomic E-state index is 12.2. The van der Waals surface area contributed by atoms with Gasteiger partial charge in [-0.2, -0.15) is 0 Å². The topological polar surface area (TPSA) is 53.4 Å². The van der Waals surface area contributed by atoms with E-state index in [1.54, 1.807) is 24.5 Å². The summed E-state index contributed by atoms with van der Waals surface area (Å²) in [6.45, 7) is 3.34. The number of piperidine rings is 1. The summed E-state index contributed by atoms with van der Waals surface area (Å²) in [6.07, 6.45) is 4.57. The van der Waals surface area contributed by atoms with Gasteiger partial charge in [0.15, 0.2) is 0 Å². The normalized spacial score (nSPS) is 24.7. The molecule has 0 aromatic carbocycles. The molecule has 1 aromatic rings. The predicted octanol–water partition coefficient (Wildman–Crippen LogP) is 1.31. The standard InChI is InChI=1S/C13H18N2O2/c1-2-10-9-15(8-5-12(10)16)13(17)11-3-6-14-7-4-11/h3-4,6-7,10,12,16H,2,5,8-9H2,1H3. The molecule has 4 heteroatoms. The van der Waals surface area contributed by atoms with Crippen LogP contribution in [0.4, 0.5) is 0 Å². The van der Waals surface area contributed by atoms with E-state index in [1.807, 2.05) is 11.8 Å². The lowest BCUT2D eigenvalue weighted by atomic mass is 9.92. The molecule has 1 N–H and O–H groups in total. The van der Waals surface area contributed by atoms with Crippen molar-refractivity contribution in [1.82, 2.24) is 9.88 Å². The van der Waals surface area contributed by atoms with Crippen LogP contribution in [0, 0.1) is 5.92 Å². The van der Waals surface area contributed by atoms with E-state index in [1.165, 1.54) is 0 Å². The summed E-state index contributed by atoms with van der Waals surface area (Å²) in [6, 6.07) is 3.46. The zero-order valence-corrected chi connectivity index (χ0v) is 10.0. The maximum Gasteiger partial charge on any atom is 0.253 e. The number of nitrogens with zero attached hydrogens (tertiary/aromatic N) is 2. The Morgan fingerprint density at radius 3 is 2.88 bits per heavy atom. The minimum Gasteiger partial charge on any atom is -0.393 e. The van der Waals surface area contributed by atoms with Gasteiger partial charge in [-0.05, 0) is 25.0 Å². The van der Waals surface area contributed by atoms with Gasteiger partial charge in [-0.1, -0.05) is 6.92 Å². The highest BCUT2D eigenvalue weighted by Crippen LogP contribution is 2.21. The Morgan fingerprint density at radius 2 is 2.24 bits per heavy atom. The molecule has 17 heavy (non-hydrogen) atoms. The number of hydrogen-bond donors (Lipinski definition) is 1. The van der Waals surface area contributed by atoms with Crippen LogP contribution in [-0.2, 0) is 0 Å². The first-order chi connectivity index (χ1) is 8.22. The number of amides is 1. The van der Waals surface area contributed by atoms with Crippen LogP contribution in [0.2, 0.25) is 0 Å². The molecule has 2 rings (SSSR count). The van der Waals surface area contributed by atoms with Gasteiger partial charge in [0, 0.05) is 37.0 Å². The fourth-order valence-corrected chi connectivity index (χ4v) is 2.28. The Morgan fingerprint density at radius 1 is 1.53 bits per heavy atom. The second kappa shape index (κ2) is 5.27. The highest BCUT2D eigenvalue weighted by Gasteiger charge is 2.29. The van der Waals surface area contributed by atoms with Gasteiger partial charge >= 0.3 is 0 Å². The van der Waals surface area contributed by atoms with Crippen LogP contribution in [0.5, 0.6) is 0 Å². The Hall–Kier alpha value is -1.42. The lowest BCUT2D eigenvalue weighted by molar-refractivity contribution is 0.0229. The van der Waals surface area contributed by atoms with Crippen molar-refractivity contribution in [2.24, 2.45) is 5.92 Å². The molecular formula is C13H18N2O2. The molecule has 1 aliphatic heterocycles. The molecule has 0 saturated carbocycles. The van der Waals surface area contributed by atoms with Crippen LogP contribution in [-0.4, -0.2) is 40.1 Å². The number of aliphatic hydroxyl groups excluding tert-OH is 1. The summed E-state index contributed by atoms with van der Waals surface area (Å²) in [5, 5.41) is 9.79. The van der Waals surface area contributed by atoms with Crippen LogP contribution in [0.15, 0.2) is 24.5 Å². The molecule has 0 aliphatic carbocycles. The van der Waals surface area contributed by atoms with E-state index in [0.717, 1.165) is 6.42 Å². The highest BCUT2D eigenvalue weighted by atomic mass is 16.3. The van der Waals surface area contributed by atoms with Crippen molar-refractivity contribution in [2.75, 3.05) is 13.1 Å². The van der Waals surface area contributed by atoms with Crippen molar-refractivity contribution in [3.05, 3.63) is 30.1 Å². The van der Waals surface area contributed by atoms with Gasteiger partial charge in [0.1, 0.15) is 0 Å². The maximum absolute atomic E-state index is 12.2. The average molecular weight is 234 g/mol. The number of carbonyl (C=O) groups is 1. The Balaban J connectivity index is 2.06. The first-order valence-electron chi connectivity index (χ1n) is 6.09. The molecule has 1 amide bonds. The Labute approximate surface area is 101 Å². The van der Waals surface area contributed by atoms with E-state index in [4.69, 9.17) is 0 Å². The zero-order valence-electron chi connectivity index (χ0n) is 10.0. The molecule has 1 fully saturated rings. The minimum atomic E-state index is -0.263. The fraction of sp³-hybridized carbons (Fsp3) is 0.538. The van der Waals surface area contributed by atoms with Crippen LogP contribution in [0.1, 0.15) is 30.1 Å². The Bertz CT molecular complexity index is 380. The first-order valence-corrected chi connectivity index (χ1v) is 6.09. The first kappa shape index (κ1) is 12.0. The van der Waals surface area contributed by atoms with Crippen molar-refractivity contribution in [3.63, 3.8) is 0 Å². The summed E-state index contributed by atoms with van der Waals surface area (Å²) in [7, 11) is 0. The lowest BCUT2D eigenvalue weighted by Crippen LogP contribution is -2.45. The summed E-state index contributed by atoms with van der Waals surface area (Å²) in [5.41, 5.74) is 0.672. The number of aromatic nitrogens is 1. The van der Waals surface area contributed by atoms with Crippen molar-refractivity contribution in [2.45, 2.75) is 25.9 Å². The summed E-state index contributed by atoms with van der Waals surface area (Å²) in [5.74, 6) is 0.243. The van der Waals surface area contributed by atoms with Crippen LogP contribution in [0.25, 0.3) is 0 Å². The lowest BCUT2D eigenvalue weighted by Gasteiger charge is -2.35. The molecule has 2 heterocycles. The SMILES string of the molecule is CCC1CN(C(=O)c2ccncc2)CCC1O. The fourth-order valence-electron chi connectivity index (χ4n) is 2.28. The number of carbonyl (C=O) groups excluding carboxylic acids is 1. The van der Waals surface area contributed by atoms with E-state index in [0.29, 0.717) is 25.1 Å². The molecule has 1 aliphatic rings. The largest absolute Gasteiger partial charge is 0.393 e. The van der Waals surface area contributed by atoms with Gasteiger partial charge in [0.05, 0.1) is 6.10 Å². The van der Waals surface area contributed by atoms with Gasteiger partial charge in [-0.3, -0.25) is 9.78 Å². The number of likely N-dealkylation sites (tertiary alicyclic amines) is 1. The minimum absolute atomic E-state index is 0.0396. The zero-order chi connectivity index (χ0) is 12.3. The molecule has 0 radical (unpaired) electrons. The van der Waals surface area contributed by atoms with Crippen LogP contribution < -0.4 is 0 Å². The third kappa shape index (κ3) is 2.64. The molecule has 1 saturated heterocycles. The molecule has 0 bridgehead atoms. The van der Waals surface area contributed by atoms with Gasteiger partial charge in [-0.25, -0.2) is 0 Å². The van der Waals surface area contributed by atoms with Crippen molar-refractivity contribution >= 4 is 5.91 Å². The molecule has 4 nitrogen and oxygen atoms in total. The Kier molecular flexibility index (Phi) is 3.74. The number of rotatable bonds is 2. The quantitative estimate of drug-likeness (QED) is 0.839. The molecule has 92 valence electrons. The smallest absolute Gasteiger partial charge is 0.253 e. The highest BCUT2D eigenvalue weighted by molar-refractivity contribution is 5.94. The summed E-state index contributed by atoms with van der Waals surface area (Å²) in [4.78, 5) is 17.9. The van der Waals surface area contributed by atoms with E-state index >= 15 is 0 Å². The molecular weight excluding hydrogens is 216 g/mol. The van der Waals surface area contributed by atoms with E-state index < -0.39 is 0 Å². The van der Waals surface area contributed by atoms with Crippen molar-refractivity contribution in [1.29, 1.82) is 0 Å². The monoisotopic (exact) mass is 234 g/mol. The third-order valence-electron chi connectivity index (χ3n) is 3.43. The molecule has 0 spiro atoms. The predicted molar refractivity (Wildman–Crippen MR) is 64.5 cm³/mol. The van der Waals surface area contributed by atoms with E-state index in [9.17, 15) is 9.90 Å². The molecule has 1 aromatic heterocycles. The molecule has 2 atom stereocenters.